The first kappa shape index (κ1) is 20.6. The van der Waals surface area contributed by atoms with Crippen molar-refractivity contribution < 1.29 is 14.0 Å². The van der Waals surface area contributed by atoms with Gasteiger partial charge in [0.05, 0.1) is 5.56 Å². The van der Waals surface area contributed by atoms with E-state index < -0.39 is 17.8 Å². The zero-order chi connectivity index (χ0) is 20.2. The van der Waals surface area contributed by atoms with E-state index in [0.29, 0.717) is 5.69 Å². The molecule has 2 N–H and O–H groups in total. The van der Waals surface area contributed by atoms with Gasteiger partial charge in [0.25, 0.3) is 5.91 Å². The van der Waals surface area contributed by atoms with Crippen molar-refractivity contribution in [3.05, 3.63) is 65.5 Å². The summed E-state index contributed by atoms with van der Waals surface area (Å²) in [7, 11) is 0. The van der Waals surface area contributed by atoms with Crippen molar-refractivity contribution in [2.24, 2.45) is 5.92 Å². The Bertz CT molecular complexity index is 808. The summed E-state index contributed by atoms with van der Waals surface area (Å²) < 4.78 is 13.8. The van der Waals surface area contributed by atoms with Crippen molar-refractivity contribution in [3.63, 3.8) is 0 Å². The molecule has 0 radical (unpaired) electrons. The Morgan fingerprint density at radius 1 is 0.963 bits per heavy atom. The van der Waals surface area contributed by atoms with Crippen LogP contribution < -0.4 is 10.6 Å². The number of rotatable bonds is 5. The molecule has 0 aliphatic heterocycles. The molecule has 0 saturated carbocycles. The van der Waals surface area contributed by atoms with E-state index in [2.05, 4.69) is 31.4 Å². The number of hydrogen-bond acceptors (Lipinski definition) is 2. The molecule has 2 aromatic carbocycles. The third-order valence-corrected chi connectivity index (χ3v) is 4.37. The third kappa shape index (κ3) is 5.39. The number of anilines is 1. The normalized spacial score (nSPS) is 12.6. The Kier molecular flexibility index (Phi) is 6.37. The van der Waals surface area contributed by atoms with E-state index in [4.69, 9.17) is 0 Å². The van der Waals surface area contributed by atoms with Gasteiger partial charge in [0.15, 0.2) is 0 Å². The lowest BCUT2D eigenvalue weighted by Gasteiger charge is -2.23. The second-order valence-corrected chi connectivity index (χ2v) is 7.99. The molecule has 2 aromatic rings. The largest absolute Gasteiger partial charge is 0.340 e. The Balaban J connectivity index is 2.11. The van der Waals surface area contributed by atoms with Crippen molar-refractivity contribution in [3.8, 4) is 0 Å². The fraction of sp³-hybridized carbons (Fsp3) is 0.364. The molecule has 2 amide bonds. The van der Waals surface area contributed by atoms with Crippen LogP contribution >= 0.6 is 0 Å². The van der Waals surface area contributed by atoms with Gasteiger partial charge in [-0.25, -0.2) is 4.39 Å². The quantitative estimate of drug-likeness (QED) is 0.813. The van der Waals surface area contributed by atoms with Crippen LogP contribution in [0.4, 0.5) is 10.1 Å². The summed E-state index contributed by atoms with van der Waals surface area (Å²) in [6, 6.07) is 12.6. The number of hydrogen-bond donors (Lipinski definition) is 2. The van der Waals surface area contributed by atoms with Crippen LogP contribution in [0.25, 0.3) is 0 Å². The number of amides is 2. The van der Waals surface area contributed by atoms with Gasteiger partial charge in [0, 0.05) is 5.69 Å². The highest BCUT2D eigenvalue weighted by molar-refractivity contribution is 6.01. The van der Waals surface area contributed by atoms with Gasteiger partial charge in [-0.1, -0.05) is 58.9 Å². The van der Waals surface area contributed by atoms with Crippen LogP contribution in [-0.4, -0.2) is 17.9 Å². The summed E-state index contributed by atoms with van der Waals surface area (Å²) >= 11 is 0. The molecule has 27 heavy (non-hydrogen) atoms. The number of benzene rings is 2. The van der Waals surface area contributed by atoms with Crippen LogP contribution in [0.5, 0.6) is 0 Å². The van der Waals surface area contributed by atoms with Crippen LogP contribution in [0.15, 0.2) is 48.5 Å². The molecule has 0 unspecified atom stereocenters. The minimum atomic E-state index is -0.778. The molecule has 4 nitrogen and oxygen atoms in total. The lowest BCUT2D eigenvalue weighted by molar-refractivity contribution is -0.118. The predicted molar refractivity (Wildman–Crippen MR) is 106 cm³/mol. The summed E-state index contributed by atoms with van der Waals surface area (Å²) in [4.78, 5) is 25.0. The summed E-state index contributed by atoms with van der Waals surface area (Å²) in [6.45, 7) is 10.0. The molecule has 2 rings (SSSR count). The lowest BCUT2D eigenvalue weighted by atomic mass is 9.87. The van der Waals surface area contributed by atoms with Crippen LogP contribution in [-0.2, 0) is 10.2 Å². The highest BCUT2D eigenvalue weighted by atomic mass is 19.1. The fourth-order valence-electron chi connectivity index (χ4n) is 2.67. The van der Waals surface area contributed by atoms with E-state index in [1.54, 1.807) is 6.07 Å². The fourth-order valence-corrected chi connectivity index (χ4v) is 2.67. The first-order valence-electron chi connectivity index (χ1n) is 9.06. The van der Waals surface area contributed by atoms with Crippen molar-refractivity contribution in [1.82, 2.24) is 5.32 Å². The van der Waals surface area contributed by atoms with E-state index in [-0.39, 0.29) is 22.8 Å². The maximum atomic E-state index is 13.8. The maximum Gasteiger partial charge on any atom is 0.254 e. The maximum absolute atomic E-state index is 13.8. The van der Waals surface area contributed by atoms with Crippen LogP contribution in [0.2, 0.25) is 0 Å². The summed E-state index contributed by atoms with van der Waals surface area (Å²) in [6.07, 6.45) is 0. The molecular weight excluding hydrogens is 343 g/mol. The summed E-state index contributed by atoms with van der Waals surface area (Å²) in [5.41, 5.74) is 1.76. The van der Waals surface area contributed by atoms with Crippen molar-refractivity contribution in [2.75, 3.05) is 5.32 Å². The van der Waals surface area contributed by atoms with E-state index in [1.807, 2.05) is 38.1 Å². The first-order chi connectivity index (χ1) is 12.6. The van der Waals surface area contributed by atoms with Crippen molar-refractivity contribution in [2.45, 2.75) is 46.1 Å². The Hall–Kier alpha value is -2.69. The molecule has 5 heteroatoms. The lowest BCUT2D eigenvalue weighted by Crippen LogP contribution is -2.47. The standard InChI is InChI=1S/C22H27FN2O2/c1-14(2)19(25-20(26)17-8-6-7-9-18(17)23)21(27)24-16-12-10-15(11-13-16)22(3,4)5/h6-14,19H,1-5H3,(H,24,27)(H,25,26)/t19-/m0/s1. The highest BCUT2D eigenvalue weighted by Gasteiger charge is 2.26. The molecule has 0 aliphatic rings. The molecule has 0 spiro atoms. The second-order valence-electron chi connectivity index (χ2n) is 7.99. The van der Waals surface area contributed by atoms with Gasteiger partial charge in [0.2, 0.25) is 5.91 Å². The Labute approximate surface area is 160 Å². The van der Waals surface area contributed by atoms with Crippen LogP contribution in [0.3, 0.4) is 0 Å². The number of carbonyl (C=O) groups is 2. The zero-order valence-electron chi connectivity index (χ0n) is 16.5. The average Bonchev–Trinajstić information content (AvgIpc) is 2.59. The predicted octanol–water partition coefficient (Wildman–Crippen LogP) is 4.52. The smallest absolute Gasteiger partial charge is 0.254 e. The molecule has 0 aliphatic carbocycles. The summed E-state index contributed by atoms with van der Waals surface area (Å²) in [5, 5.41) is 5.46. The van der Waals surface area contributed by atoms with Crippen LogP contribution in [0.1, 0.15) is 50.5 Å². The SMILES string of the molecule is CC(C)[C@H](NC(=O)c1ccccc1F)C(=O)Nc1ccc(C(C)(C)C)cc1. The molecule has 0 fully saturated rings. The monoisotopic (exact) mass is 370 g/mol. The molecule has 0 saturated heterocycles. The highest BCUT2D eigenvalue weighted by Crippen LogP contribution is 2.23. The van der Waals surface area contributed by atoms with E-state index in [0.717, 1.165) is 5.56 Å². The van der Waals surface area contributed by atoms with Gasteiger partial charge in [-0.15, -0.1) is 0 Å². The van der Waals surface area contributed by atoms with E-state index in [9.17, 15) is 14.0 Å². The molecule has 144 valence electrons. The number of carbonyl (C=O) groups excluding carboxylic acids is 2. The first-order valence-corrected chi connectivity index (χ1v) is 9.06. The van der Waals surface area contributed by atoms with Gasteiger partial charge in [-0.05, 0) is 41.2 Å². The van der Waals surface area contributed by atoms with Gasteiger partial charge < -0.3 is 10.6 Å². The zero-order valence-corrected chi connectivity index (χ0v) is 16.5. The van der Waals surface area contributed by atoms with E-state index >= 15 is 0 Å². The Morgan fingerprint density at radius 3 is 2.07 bits per heavy atom. The minimum Gasteiger partial charge on any atom is -0.340 e. The van der Waals surface area contributed by atoms with Crippen LogP contribution in [0, 0.1) is 11.7 Å². The summed E-state index contributed by atoms with van der Waals surface area (Å²) in [5.74, 6) is -1.71. The molecule has 0 heterocycles. The number of halogens is 1. The van der Waals surface area contributed by atoms with Gasteiger partial charge in [-0.3, -0.25) is 9.59 Å². The Morgan fingerprint density at radius 2 is 1.56 bits per heavy atom. The van der Waals surface area contributed by atoms with E-state index in [1.165, 1.54) is 18.2 Å². The van der Waals surface area contributed by atoms with Gasteiger partial charge >= 0.3 is 0 Å². The molecule has 1 atom stereocenters. The third-order valence-electron chi connectivity index (χ3n) is 4.37. The van der Waals surface area contributed by atoms with Gasteiger partial charge in [0.1, 0.15) is 11.9 Å². The van der Waals surface area contributed by atoms with Crippen molar-refractivity contribution >= 4 is 17.5 Å². The topological polar surface area (TPSA) is 58.2 Å². The minimum absolute atomic E-state index is 0.0245. The average molecular weight is 370 g/mol. The molecule has 0 aromatic heterocycles. The van der Waals surface area contributed by atoms with Gasteiger partial charge in [-0.2, -0.15) is 0 Å². The number of nitrogens with one attached hydrogen (secondary N) is 2. The molecular formula is C22H27FN2O2. The van der Waals surface area contributed by atoms with Crippen molar-refractivity contribution in [1.29, 1.82) is 0 Å². The second kappa shape index (κ2) is 8.33. The molecule has 0 bridgehead atoms.